The third kappa shape index (κ3) is 3.36. The summed E-state index contributed by atoms with van der Waals surface area (Å²) in [6, 6.07) is 10.2. The maximum absolute atomic E-state index is 5.53. The quantitative estimate of drug-likeness (QED) is 0.411. The van der Waals surface area contributed by atoms with E-state index in [1.54, 1.807) is 0 Å². The summed E-state index contributed by atoms with van der Waals surface area (Å²) >= 11 is 1.69. The number of furan rings is 2. The van der Waals surface area contributed by atoms with Crippen molar-refractivity contribution in [3.05, 3.63) is 35.8 Å². The predicted molar refractivity (Wildman–Crippen MR) is 64.8 cm³/mol. The van der Waals surface area contributed by atoms with Gasteiger partial charge in [-0.2, -0.15) is 10.8 Å². The van der Waals surface area contributed by atoms with Crippen molar-refractivity contribution < 1.29 is 43.5 Å². The van der Waals surface area contributed by atoms with Gasteiger partial charge in [-0.05, 0) is 13.8 Å². The van der Waals surface area contributed by atoms with E-state index in [0.717, 1.165) is 68.1 Å². The van der Waals surface area contributed by atoms with Gasteiger partial charge in [-0.3, -0.25) is 0 Å². The van der Waals surface area contributed by atoms with Crippen LogP contribution >= 0.6 is 19.4 Å². The Bertz CT molecular complexity index is 576. The molecule has 0 aliphatic rings. The molecule has 2 heterocycles. The molecule has 6 heteroatoms. The summed E-state index contributed by atoms with van der Waals surface area (Å²) in [5.74, 6) is 1.56. The monoisotopic (exact) mass is 382 g/mol. The van der Waals surface area contributed by atoms with Gasteiger partial charge in [0.15, 0.2) is 0 Å². The molecule has 2 nitrogen and oxygen atoms in total. The van der Waals surface area contributed by atoms with Crippen LogP contribution in [-0.4, -0.2) is 0 Å². The van der Waals surface area contributed by atoms with Gasteiger partial charge in [-0.15, -0.1) is 12.1 Å². The number of hydrogen-bond donors (Lipinski definition) is 0. The molecule has 0 radical (unpaired) electrons. The van der Waals surface area contributed by atoms with Crippen molar-refractivity contribution in [2.75, 3.05) is 0 Å². The number of benzene rings is 1. The van der Waals surface area contributed by atoms with Gasteiger partial charge in [-0.25, -0.2) is 12.1 Å². The van der Waals surface area contributed by atoms with Crippen molar-refractivity contribution in [3.63, 3.8) is 0 Å². The fourth-order valence-corrected chi connectivity index (χ4v) is 1.70. The number of fused-ring (bicyclic) bond motifs is 3. The summed E-state index contributed by atoms with van der Waals surface area (Å²) < 4.78 is 11.1. The normalized spacial score (nSPS) is 9.78. The van der Waals surface area contributed by atoms with Crippen molar-refractivity contribution in [2.45, 2.75) is 13.8 Å². The van der Waals surface area contributed by atoms with Gasteiger partial charge in [0, 0.05) is 22.7 Å². The number of hydrogen-bond acceptors (Lipinski definition) is 2. The van der Waals surface area contributed by atoms with Gasteiger partial charge >= 0.3 is 54.0 Å². The van der Waals surface area contributed by atoms with Gasteiger partial charge in [0.2, 0.25) is 0 Å². The van der Waals surface area contributed by atoms with Crippen molar-refractivity contribution in [1.29, 1.82) is 0 Å². The first kappa shape index (κ1) is 16.2. The average molecular weight is 386 g/mol. The van der Waals surface area contributed by atoms with Crippen LogP contribution in [0, 0.1) is 26.0 Å². The minimum absolute atomic E-state index is 0.768. The number of aryl methyl sites for hydroxylation is 2. The third-order valence-electron chi connectivity index (χ3n) is 2.24. The molecule has 0 spiro atoms. The van der Waals surface area contributed by atoms with E-state index in [0.29, 0.717) is 0 Å². The molecule has 0 N–H and O–H groups in total. The van der Waals surface area contributed by atoms with Crippen LogP contribution in [0.25, 0.3) is 21.9 Å². The van der Waals surface area contributed by atoms with Crippen LogP contribution in [0.4, 0.5) is 0 Å². The second kappa shape index (κ2) is 7.65. The Morgan fingerprint density at radius 1 is 0.833 bits per heavy atom. The molecular formula is C12H8Cl2O2Zn2. The molecule has 0 saturated heterocycles. The Morgan fingerprint density at radius 3 is 1.50 bits per heavy atom. The van der Waals surface area contributed by atoms with Crippen LogP contribution in [-0.2, 0) is 34.6 Å². The molecule has 0 aliphatic heterocycles. The molecule has 3 aromatic rings. The molecule has 0 unspecified atom stereocenters. The Hall–Kier alpha value is 0.127. The summed E-state index contributed by atoms with van der Waals surface area (Å²) in [6.07, 6.45) is 0. The molecule has 1 aromatic carbocycles. The van der Waals surface area contributed by atoms with Crippen molar-refractivity contribution in [1.82, 2.24) is 0 Å². The van der Waals surface area contributed by atoms with E-state index >= 15 is 0 Å². The standard InChI is InChI=1S/C12H8O2.2ClH.2Zn/c1-7-5-9-3-4-10-6-8(2)14-12(10)11(9)13-7;;;;/h3-4H,1-2H3;2*1H;;/q-2;;;2*+2/p-2. The zero-order valence-corrected chi connectivity index (χ0v) is 17.6. The molecule has 0 aliphatic carbocycles. The van der Waals surface area contributed by atoms with E-state index < -0.39 is 0 Å². The first-order valence-corrected chi connectivity index (χ1v) is 12.8. The van der Waals surface area contributed by atoms with Gasteiger partial charge in [-0.1, -0.05) is 0 Å². The zero-order valence-electron chi connectivity index (χ0n) is 10.1. The molecule has 0 fully saturated rings. The topological polar surface area (TPSA) is 26.3 Å². The van der Waals surface area contributed by atoms with Crippen molar-refractivity contribution >= 4 is 41.3 Å². The van der Waals surface area contributed by atoms with E-state index in [4.69, 9.17) is 28.2 Å². The first-order chi connectivity index (χ1) is 8.74. The summed E-state index contributed by atoms with van der Waals surface area (Å²) in [5.41, 5.74) is 1.54. The van der Waals surface area contributed by atoms with E-state index in [9.17, 15) is 0 Å². The van der Waals surface area contributed by atoms with Crippen molar-refractivity contribution in [2.24, 2.45) is 0 Å². The maximum atomic E-state index is 5.53. The Kier molecular flexibility index (Phi) is 6.88. The third-order valence-corrected chi connectivity index (χ3v) is 2.24. The van der Waals surface area contributed by atoms with Crippen molar-refractivity contribution in [3.8, 4) is 0 Å². The van der Waals surface area contributed by atoms with Gasteiger partial charge in [0.25, 0.3) is 0 Å². The van der Waals surface area contributed by atoms with Crippen LogP contribution in [0.15, 0.2) is 21.0 Å². The zero-order chi connectivity index (χ0) is 13.7. The molecule has 3 rings (SSSR count). The molecule has 0 atom stereocenters. The first-order valence-electron chi connectivity index (χ1n) is 5.01. The van der Waals surface area contributed by atoms with Gasteiger partial charge < -0.3 is 8.83 Å². The van der Waals surface area contributed by atoms with E-state index in [1.165, 1.54) is 0 Å². The summed E-state index contributed by atoms with van der Waals surface area (Å²) in [6.45, 7) is 3.76. The Labute approximate surface area is 133 Å². The Morgan fingerprint density at radius 2 is 1.17 bits per heavy atom. The molecule has 0 bridgehead atoms. The summed E-state index contributed by atoms with van der Waals surface area (Å²) in [4.78, 5) is 0. The van der Waals surface area contributed by atoms with E-state index in [2.05, 4.69) is 12.1 Å². The predicted octanol–water partition coefficient (Wildman–Crippen LogP) is 4.77. The second-order valence-electron chi connectivity index (χ2n) is 3.39. The second-order valence-corrected chi connectivity index (χ2v) is 3.39. The summed E-state index contributed by atoms with van der Waals surface area (Å²) in [7, 11) is 9.53. The minimum atomic E-state index is 0.768. The molecular weight excluding hydrogens is 378 g/mol. The van der Waals surface area contributed by atoms with E-state index in [1.807, 2.05) is 26.0 Å². The molecule has 0 saturated carbocycles. The van der Waals surface area contributed by atoms with E-state index in [-0.39, 0.29) is 0 Å². The fraction of sp³-hybridized carbons (Fsp3) is 0.167. The number of halogens is 2. The van der Waals surface area contributed by atoms with Gasteiger partial charge in [0.1, 0.15) is 0 Å². The van der Waals surface area contributed by atoms with Crippen LogP contribution in [0.2, 0.25) is 0 Å². The van der Waals surface area contributed by atoms with Gasteiger partial charge in [0.05, 0.1) is 0 Å². The van der Waals surface area contributed by atoms with Crippen LogP contribution in [0.5, 0.6) is 0 Å². The molecule has 86 valence electrons. The Balaban J connectivity index is 0.000000371. The van der Waals surface area contributed by atoms with Crippen LogP contribution < -0.4 is 0 Å². The van der Waals surface area contributed by atoms with Crippen LogP contribution in [0.1, 0.15) is 11.5 Å². The molecule has 2 aromatic heterocycles. The molecule has 18 heavy (non-hydrogen) atoms. The SMILES string of the molecule is Cc1[c-]c2ccc3[c-]c(C)oc3c2o1.[Cl][Zn+].[Cl][Zn+]. The fourth-order valence-electron chi connectivity index (χ4n) is 1.70. The van der Waals surface area contributed by atoms with Crippen LogP contribution in [0.3, 0.4) is 0 Å². The molecule has 0 amide bonds. The summed E-state index contributed by atoms with van der Waals surface area (Å²) in [5, 5.41) is 1.91. The average Bonchev–Trinajstić information content (AvgIpc) is 2.95. The number of rotatable bonds is 0.